The Hall–Kier alpha value is -0.580. The number of carbonyl (C=O) groups excluding carboxylic acids is 1. The van der Waals surface area contributed by atoms with Crippen molar-refractivity contribution in [1.29, 1.82) is 0 Å². The lowest BCUT2D eigenvalue weighted by atomic mass is 10.0. The van der Waals surface area contributed by atoms with Gasteiger partial charge in [0.15, 0.2) is 0 Å². The first-order valence-electron chi connectivity index (χ1n) is 5.90. The Morgan fingerprint density at radius 2 is 2.17 bits per heavy atom. The molecule has 1 rings (SSSR count). The molecule has 1 amide bonds. The fraction of sp³-hybridized carbons (Fsp3) is 0.462. The zero-order valence-electron chi connectivity index (χ0n) is 10.5. The Bertz CT molecular complexity index is 423. The summed E-state index contributed by atoms with van der Waals surface area (Å²) in [4.78, 5) is 12.0. The highest BCUT2D eigenvalue weighted by Crippen LogP contribution is 2.23. The van der Waals surface area contributed by atoms with Gasteiger partial charge in [-0.2, -0.15) is 0 Å². The SMILES string of the molecule is CC(C)CC(CN)NC(=O)c1ccc(Br)c(Cl)c1. The molecule has 0 aliphatic rings. The molecule has 0 aliphatic heterocycles. The van der Waals surface area contributed by atoms with Crippen LogP contribution in [0.15, 0.2) is 22.7 Å². The van der Waals surface area contributed by atoms with Gasteiger partial charge >= 0.3 is 0 Å². The molecule has 100 valence electrons. The van der Waals surface area contributed by atoms with Gasteiger partial charge in [0.25, 0.3) is 5.91 Å². The number of hydrogen-bond donors (Lipinski definition) is 2. The highest BCUT2D eigenvalue weighted by Gasteiger charge is 2.14. The number of rotatable bonds is 5. The summed E-state index contributed by atoms with van der Waals surface area (Å²) in [6.45, 7) is 4.64. The molecule has 5 heteroatoms. The number of hydrogen-bond acceptors (Lipinski definition) is 2. The van der Waals surface area contributed by atoms with Crippen LogP contribution < -0.4 is 11.1 Å². The highest BCUT2D eigenvalue weighted by atomic mass is 79.9. The second-order valence-corrected chi connectivity index (χ2v) is 5.93. The van der Waals surface area contributed by atoms with Crippen molar-refractivity contribution in [3.8, 4) is 0 Å². The molecular weight excluding hydrogens is 316 g/mol. The quantitative estimate of drug-likeness (QED) is 0.869. The van der Waals surface area contributed by atoms with Crippen LogP contribution in [0.5, 0.6) is 0 Å². The van der Waals surface area contributed by atoms with Crippen LogP contribution in [0.2, 0.25) is 5.02 Å². The van der Waals surface area contributed by atoms with E-state index in [1.807, 2.05) is 0 Å². The zero-order valence-corrected chi connectivity index (χ0v) is 12.9. The number of benzene rings is 1. The number of nitrogens with two attached hydrogens (primary N) is 1. The summed E-state index contributed by atoms with van der Waals surface area (Å²) < 4.78 is 0.776. The molecule has 0 heterocycles. The molecule has 0 aromatic heterocycles. The van der Waals surface area contributed by atoms with Gasteiger partial charge in [0.2, 0.25) is 0 Å². The third kappa shape index (κ3) is 4.59. The summed E-state index contributed by atoms with van der Waals surface area (Å²) >= 11 is 9.25. The minimum Gasteiger partial charge on any atom is -0.348 e. The van der Waals surface area contributed by atoms with Gasteiger partial charge in [0.05, 0.1) is 5.02 Å². The van der Waals surface area contributed by atoms with E-state index in [0.29, 0.717) is 23.0 Å². The van der Waals surface area contributed by atoms with E-state index in [4.69, 9.17) is 17.3 Å². The smallest absolute Gasteiger partial charge is 0.251 e. The predicted octanol–water partition coefficient (Wildman–Crippen LogP) is 3.21. The van der Waals surface area contributed by atoms with Gasteiger partial charge in [-0.25, -0.2) is 0 Å². The maximum atomic E-state index is 12.0. The molecule has 1 atom stereocenters. The lowest BCUT2D eigenvalue weighted by Crippen LogP contribution is -2.41. The Balaban J connectivity index is 2.71. The largest absolute Gasteiger partial charge is 0.348 e. The van der Waals surface area contributed by atoms with Crippen LogP contribution in [0, 0.1) is 5.92 Å². The molecular formula is C13H18BrClN2O. The second kappa shape index (κ2) is 7.12. The van der Waals surface area contributed by atoms with Crippen molar-refractivity contribution in [1.82, 2.24) is 5.32 Å². The number of amides is 1. The second-order valence-electron chi connectivity index (χ2n) is 4.66. The molecule has 0 bridgehead atoms. The van der Waals surface area contributed by atoms with Crippen molar-refractivity contribution in [2.45, 2.75) is 26.3 Å². The van der Waals surface area contributed by atoms with Crippen molar-refractivity contribution >= 4 is 33.4 Å². The van der Waals surface area contributed by atoms with Gasteiger partial charge in [-0.05, 0) is 46.5 Å². The Labute approximate surface area is 121 Å². The molecule has 18 heavy (non-hydrogen) atoms. The van der Waals surface area contributed by atoms with Gasteiger partial charge in [-0.15, -0.1) is 0 Å². The topological polar surface area (TPSA) is 55.1 Å². The maximum absolute atomic E-state index is 12.0. The molecule has 0 saturated carbocycles. The summed E-state index contributed by atoms with van der Waals surface area (Å²) in [6, 6.07) is 5.13. The molecule has 0 radical (unpaired) electrons. The van der Waals surface area contributed by atoms with Crippen molar-refractivity contribution in [3.63, 3.8) is 0 Å². The molecule has 3 nitrogen and oxygen atoms in total. The Morgan fingerprint density at radius 3 is 2.67 bits per heavy atom. The molecule has 3 N–H and O–H groups in total. The van der Waals surface area contributed by atoms with Crippen LogP contribution >= 0.6 is 27.5 Å². The van der Waals surface area contributed by atoms with Crippen molar-refractivity contribution in [2.24, 2.45) is 11.7 Å². The van der Waals surface area contributed by atoms with E-state index in [1.54, 1.807) is 18.2 Å². The van der Waals surface area contributed by atoms with Gasteiger partial charge < -0.3 is 11.1 Å². The zero-order chi connectivity index (χ0) is 13.7. The van der Waals surface area contributed by atoms with Gasteiger partial charge in [0.1, 0.15) is 0 Å². The van der Waals surface area contributed by atoms with Gasteiger partial charge in [0, 0.05) is 22.6 Å². The summed E-state index contributed by atoms with van der Waals surface area (Å²) in [5.41, 5.74) is 6.20. The minimum atomic E-state index is -0.138. The van der Waals surface area contributed by atoms with E-state index in [9.17, 15) is 4.79 Å². The normalized spacial score (nSPS) is 12.6. The monoisotopic (exact) mass is 332 g/mol. The van der Waals surface area contributed by atoms with E-state index in [2.05, 4.69) is 35.1 Å². The number of halogens is 2. The van der Waals surface area contributed by atoms with E-state index < -0.39 is 0 Å². The maximum Gasteiger partial charge on any atom is 0.251 e. The lowest BCUT2D eigenvalue weighted by Gasteiger charge is -2.18. The summed E-state index contributed by atoms with van der Waals surface area (Å²) in [6.07, 6.45) is 0.868. The summed E-state index contributed by atoms with van der Waals surface area (Å²) in [7, 11) is 0. The first-order valence-corrected chi connectivity index (χ1v) is 7.07. The third-order valence-electron chi connectivity index (χ3n) is 2.56. The Morgan fingerprint density at radius 1 is 1.50 bits per heavy atom. The Kier molecular flexibility index (Phi) is 6.12. The fourth-order valence-electron chi connectivity index (χ4n) is 1.69. The average Bonchev–Trinajstić information content (AvgIpc) is 2.31. The molecule has 0 saturated heterocycles. The molecule has 1 aromatic carbocycles. The fourth-order valence-corrected chi connectivity index (χ4v) is 2.12. The minimum absolute atomic E-state index is 0.0000719. The molecule has 0 fully saturated rings. The van der Waals surface area contributed by atoms with Crippen LogP contribution in [0.1, 0.15) is 30.6 Å². The molecule has 0 spiro atoms. The van der Waals surface area contributed by atoms with Crippen LogP contribution in [-0.2, 0) is 0 Å². The number of carbonyl (C=O) groups is 1. The standard InChI is InChI=1S/C13H18BrClN2O/c1-8(2)5-10(7-16)17-13(18)9-3-4-11(14)12(15)6-9/h3-4,6,8,10H,5,7,16H2,1-2H3,(H,17,18). The van der Waals surface area contributed by atoms with Gasteiger partial charge in [-0.1, -0.05) is 25.4 Å². The van der Waals surface area contributed by atoms with Crippen molar-refractivity contribution in [2.75, 3.05) is 6.54 Å². The van der Waals surface area contributed by atoms with Crippen LogP contribution in [0.4, 0.5) is 0 Å². The lowest BCUT2D eigenvalue weighted by molar-refractivity contribution is 0.0934. The van der Waals surface area contributed by atoms with E-state index in [1.165, 1.54) is 0 Å². The number of nitrogens with one attached hydrogen (secondary N) is 1. The average molecular weight is 334 g/mol. The summed E-state index contributed by atoms with van der Waals surface area (Å²) in [5, 5.41) is 3.45. The van der Waals surface area contributed by atoms with E-state index in [0.717, 1.165) is 10.9 Å². The van der Waals surface area contributed by atoms with Gasteiger partial charge in [-0.3, -0.25) is 4.79 Å². The molecule has 1 unspecified atom stereocenters. The van der Waals surface area contributed by atoms with Crippen LogP contribution in [0.25, 0.3) is 0 Å². The van der Waals surface area contributed by atoms with E-state index in [-0.39, 0.29) is 11.9 Å². The highest BCUT2D eigenvalue weighted by molar-refractivity contribution is 9.10. The van der Waals surface area contributed by atoms with Crippen molar-refractivity contribution in [3.05, 3.63) is 33.3 Å². The first-order chi connectivity index (χ1) is 8.43. The van der Waals surface area contributed by atoms with E-state index >= 15 is 0 Å². The predicted molar refractivity (Wildman–Crippen MR) is 78.9 cm³/mol. The summed E-state index contributed by atoms with van der Waals surface area (Å²) in [5.74, 6) is 0.354. The van der Waals surface area contributed by atoms with Crippen LogP contribution in [-0.4, -0.2) is 18.5 Å². The third-order valence-corrected chi connectivity index (χ3v) is 3.79. The first kappa shape index (κ1) is 15.5. The van der Waals surface area contributed by atoms with Crippen molar-refractivity contribution < 1.29 is 4.79 Å². The van der Waals surface area contributed by atoms with Crippen LogP contribution in [0.3, 0.4) is 0 Å². The molecule has 0 aliphatic carbocycles. The molecule has 1 aromatic rings.